The standard InChI is InChI=1S/C18H17BrN2O.ClH/c1-3-22-15-8-9-17-16(11-15)18(10-12(2)20-17)21-14-6-4-13(19)5-7-14;/h4-11H,3H2,1-2H3,(H,20,21);1H. The lowest BCUT2D eigenvalue weighted by atomic mass is 10.1. The number of pyridine rings is 1. The van der Waals surface area contributed by atoms with Gasteiger partial charge in [0.2, 0.25) is 5.52 Å². The van der Waals surface area contributed by atoms with Crippen molar-refractivity contribution in [1.82, 2.24) is 0 Å². The molecule has 3 rings (SSSR count). The van der Waals surface area contributed by atoms with E-state index < -0.39 is 0 Å². The van der Waals surface area contributed by atoms with Gasteiger partial charge in [-0.1, -0.05) is 15.9 Å². The van der Waals surface area contributed by atoms with Crippen molar-refractivity contribution in [3.8, 4) is 5.75 Å². The Morgan fingerprint density at radius 3 is 2.52 bits per heavy atom. The van der Waals surface area contributed by atoms with Crippen molar-refractivity contribution in [1.29, 1.82) is 0 Å². The van der Waals surface area contributed by atoms with Crippen LogP contribution >= 0.6 is 15.9 Å². The first-order chi connectivity index (χ1) is 10.7. The number of hydrogen-bond donors (Lipinski definition) is 1. The molecule has 3 nitrogen and oxygen atoms in total. The number of ether oxygens (including phenoxy) is 1. The SMILES string of the molecule is CCOc1ccc2[nH+]c(C)cc(Nc3ccc(Br)cc3)c2c1.[Cl-]. The van der Waals surface area contributed by atoms with Crippen molar-refractivity contribution < 1.29 is 22.1 Å². The van der Waals surface area contributed by atoms with Crippen LogP contribution in [0.5, 0.6) is 5.75 Å². The maximum absolute atomic E-state index is 5.62. The molecule has 23 heavy (non-hydrogen) atoms. The van der Waals surface area contributed by atoms with Gasteiger partial charge >= 0.3 is 0 Å². The third kappa shape index (κ3) is 4.15. The minimum Gasteiger partial charge on any atom is -1.00 e. The molecule has 1 heterocycles. The highest BCUT2D eigenvalue weighted by molar-refractivity contribution is 9.10. The fourth-order valence-corrected chi connectivity index (χ4v) is 2.71. The second kappa shape index (κ2) is 7.66. The van der Waals surface area contributed by atoms with Gasteiger partial charge in [-0.2, -0.15) is 0 Å². The van der Waals surface area contributed by atoms with Gasteiger partial charge < -0.3 is 22.5 Å². The lowest BCUT2D eigenvalue weighted by Gasteiger charge is -2.10. The zero-order valence-electron chi connectivity index (χ0n) is 13.0. The largest absolute Gasteiger partial charge is 1.00 e. The van der Waals surface area contributed by atoms with Gasteiger partial charge in [0, 0.05) is 29.2 Å². The van der Waals surface area contributed by atoms with Gasteiger partial charge in [0.05, 0.1) is 17.7 Å². The first kappa shape index (κ1) is 17.6. The lowest BCUT2D eigenvalue weighted by molar-refractivity contribution is -0.354. The Bertz CT molecular complexity index is 806. The van der Waals surface area contributed by atoms with Crippen LogP contribution in [0.3, 0.4) is 0 Å². The second-order valence-electron chi connectivity index (χ2n) is 5.14. The second-order valence-corrected chi connectivity index (χ2v) is 6.05. The number of aromatic amines is 1. The summed E-state index contributed by atoms with van der Waals surface area (Å²) in [4.78, 5) is 3.39. The number of halogens is 2. The Morgan fingerprint density at radius 2 is 1.83 bits per heavy atom. The van der Waals surface area contributed by atoms with Gasteiger partial charge in [-0.15, -0.1) is 0 Å². The number of H-pyrrole nitrogens is 1. The molecule has 0 aliphatic carbocycles. The Hall–Kier alpha value is -1.78. The number of fused-ring (bicyclic) bond motifs is 1. The Kier molecular flexibility index (Phi) is 5.85. The number of aryl methyl sites for hydroxylation is 1. The van der Waals surface area contributed by atoms with Crippen LogP contribution in [0, 0.1) is 6.92 Å². The van der Waals surface area contributed by atoms with Gasteiger partial charge in [-0.3, -0.25) is 0 Å². The van der Waals surface area contributed by atoms with Gasteiger partial charge in [-0.25, -0.2) is 4.98 Å². The number of hydrogen-bond acceptors (Lipinski definition) is 2. The van der Waals surface area contributed by atoms with Gasteiger partial charge in [0.1, 0.15) is 5.75 Å². The van der Waals surface area contributed by atoms with Crippen molar-refractivity contribution in [2.45, 2.75) is 13.8 Å². The third-order valence-corrected chi connectivity index (χ3v) is 3.94. The molecule has 0 unspecified atom stereocenters. The van der Waals surface area contributed by atoms with E-state index in [0.29, 0.717) is 6.61 Å². The molecule has 0 saturated heterocycles. The smallest absolute Gasteiger partial charge is 0.213 e. The Labute approximate surface area is 150 Å². The summed E-state index contributed by atoms with van der Waals surface area (Å²) in [7, 11) is 0. The number of rotatable bonds is 4. The zero-order valence-corrected chi connectivity index (χ0v) is 15.3. The molecule has 1 aromatic heterocycles. The fraction of sp³-hybridized carbons (Fsp3) is 0.167. The van der Waals surface area contributed by atoms with Crippen LogP contribution in [0.4, 0.5) is 11.4 Å². The van der Waals surface area contributed by atoms with Crippen LogP contribution in [0.15, 0.2) is 53.0 Å². The quantitative estimate of drug-likeness (QED) is 0.734. The van der Waals surface area contributed by atoms with E-state index in [1.165, 1.54) is 0 Å². The van der Waals surface area contributed by atoms with Crippen LogP contribution < -0.4 is 27.4 Å². The molecule has 3 aromatic rings. The van der Waals surface area contributed by atoms with E-state index in [0.717, 1.165) is 38.2 Å². The topological polar surface area (TPSA) is 35.4 Å². The molecule has 0 spiro atoms. The molecule has 120 valence electrons. The monoisotopic (exact) mass is 392 g/mol. The molecular formula is C18H18BrClN2O. The van der Waals surface area contributed by atoms with E-state index >= 15 is 0 Å². The molecule has 5 heteroatoms. The predicted octanol–water partition coefficient (Wildman–Crippen LogP) is 1.87. The molecule has 0 amide bonds. The molecule has 0 aliphatic heterocycles. The predicted molar refractivity (Wildman–Crippen MR) is 93.8 cm³/mol. The maximum atomic E-state index is 5.62. The summed E-state index contributed by atoms with van der Waals surface area (Å²) in [5.74, 6) is 0.881. The molecule has 2 aromatic carbocycles. The number of nitrogens with one attached hydrogen (secondary N) is 2. The normalized spacial score (nSPS) is 10.2. The summed E-state index contributed by atoms with van der Waals surface area (Å²) in [6.07, 6.45) is 0. The third-order valence-electron chi connectivity index (χ3n) is 3.41. The zero-order chi connectivity index (χ0) is 15.5. The van der Waals surface area contributed by atoms with E-state index in [2.05, 4.69) is 51.4 Å². The van der Waals surface area contributed by atoms with Gasteiger partial charge in [-0.05, 0) is 43.3 Å². The summed E-state index contributed by atoms with van der Waals surface area (Å²) in [5.41, 5.74) is 4.31. The van der Waals surface area contributed by atoms with Crippen LogP contribution in [0.1, 0.15) is 12.6 Å². The summed E-state index contributed by atoms with van der Waals surface area (Å²) < 4.78 is 6.69. The highest BCUT2D eigenvalue weighted by Crippen LogP contribution is 2.28. The Morgan fingerprint density at radius 1 is 1.09 bits per heavy atom. The van der Waals surface area contributed by atoms with Crippen molar-refractivity contribution in [3.63, 3.8) is 0 Å². The molecule has 0 radical (unpaired) electrons. The minimum absolute atomic E-state index is 0. The molecule has 2 N–H and O–H groups in total. The summed E-state index contributed by atoms with van der Waals surface area (Å²) in [6, 6.07) is 16.4. The number of anilines is 2. The molecule has 0 fully saturated rings. The summed E-state index contributed by atoms with van der Waals surface area (Å²) >= 11 is 3.46. The van der Waals surface area contributed by atoms with Crippen LogP contribution in [-0.2, 0) is 0 Å². The molecule has 0 atom stereocenters. The van der Waals surface area contributed by atoms with Crippen LogP contribution in [0.2, 0.25) is 0 Å². The van der Waals surface area contributed by atoms with E-state index in [-0.39, 0.29) is 12.4 Å². The minimum atomic E-state index is 0. The number of benzene rings is 2. The average molecular weight is 394 g/mol. The molecular weight excluding hydrogens is 376 g/mol. The van der Waals surface area contributed by atoms with Crippen molar-refractivity contribution in [3.05, 3.63) is 58.7 Å². The lowest BCUT2D eigenvalue weighted by Crippen LogP contribution is -3.00. The van der Waals surface area contributed by atoms with Gasteiger partial charge in [0.15, 0.2) is 5.69 Å². The maximum Gasteiger partial charge on any atom is 0.213 e. The highest BCUT2D eigenvalue weighted by atomic mass is 79.9. The van der Waals surface area contributed by atoms with Gasteiger partial charge in [0.25, 0.3) is 0 Å². The van der Waals surface area contributed by atoms with Crippen molar-refractivity contribution in [2.75, 3.05) is 11.9 Å². The highest BCUT2D eigenvalue weighted by Gasteiger charge is 2.11. The number of aromatic nitrogens is 1. The first-order valence-corrected chi connectivity index (χ1v) is 8.07. The first-order valence-electron chi connectivity index (χ1n) is 7.28. The van der Waals surface area contributed by atoms with E-state index in [1.54, 1.807) is 0 Å². The van der Waals surface area contributed by atoms with Crippen molar-refractivity contribution >= 4 is 38.2 Å². The van der Waals surface area contributed by atoms with Crippen LogP contribution in [0.25, 0.3) is 10.9 Å². The fourth-order valence-electron chi connectivity index (χ4n) is 2.45. The molecule has 0 saturated carbocycles. The Balaban J connectivity index is 0.00000192. The molecule has 0 bridgehead atoms. The van der Waals surface area contributed by atoms with E-state index in [4.69, 9.17) is 4.74 Å². The van der Waals surface area contributed by atoms with Crippen molar-refractivity contribution in [2.24, 2.45) is 0 Å². The van der Waals surface area contributed by atoms with E-state index in [1.807, 2.05) is 37.3 Å². The molecule has 0 aliphatic rings. The summed E-state index contributed by atoms with van der Waals surface area (Å²) in [6.45, 7) is 4.71. The summed E-state index contributed by atoms with van der Waals surface area (Å²) in [5, 5.41) is 4.60. The van der Waals surface area contributed by atoms with E-state index in [9.17, 15) is 0 Å². The average Bonchev–Trinajstić information content (AvgIpc) is 2.50. The van der Waals surface area contributed by atoms with Crippen LogP contribution in [-0.4, -0.2) is 6.61 Å².